The quantitative estimate of drug-likeness (QED) is 0.683. The summed E-state index contributed by atoms with van der Waals surface area (Å²) in [5.74, 6) is 1.11. The summed E-state index contributed by atoms with van der Waals surface area (Å²) in [7, 11) is 0. The van der Waals surface area contributed by atoms with Gasteiger partial charge in [-0.05, 0) is 37.8 Å². The second kappa shape index (κ2) is 9.29. The number of amides is 1. The molecule has 1 saturated carbocycles. The van der Waals surface area contributed by atoms with Gasteiger partial charge in [-0.25, -0.2) is 0 Å². The standard InChI is InChI=1S/C20H25ClN4O2S/c21-17-10-4-3-9-16(17)19-23-24-20(25(19)14-6-1-2-7-14)28-13-18(26)22-12-15-8-5-11-27-15/h3-4,9-10,14-15H,1-2,5-8,11-13H2,(H,22,26). The number of nitrogens with one attached hydrogen (secondary N) is 1. The molecule has 0 radical (unpaired) electrons. The molecule has 28 heavy (non-hydrogen) atoms. The SMILES string of the molecule is O=C(CSc1nnc(-c2ccccc2Cl)n1C1CCCC1)NCC1CCCO1. The van der Waals surface area contributed by atoms with Crippen molar-refractivity contribution < 1.29 is 9.53 Å². The lowest BCUT2D eigenvalue weighted by Crippen LogP contribution is -2.33. The van der Waals surface area contributed by atoms with Crippen LogP contribution in [0, 0.1) is 0 Å². The zero-order valence-corrected chi connectivity index (χ0v) is 17.3. The first kappa shape index (κ1) is 19.7. The van der Waals surface area contributed by atoms with Gasteiger partial charge in [0.05, 0.1) is 16.9 Å². The van der Waals surface area contributed by atoms with Gasteiger partial charge in [-0.15, -0.1) is 10.2 Å². The van der Waals surface area contributed by atoms with E-state index in [9.17, 15) is 4.79 Å². The number of hydrogen-bond acceptors (Lipinski definition) is 5. The lowest BCUT2D eigenvalue weighted by molar-refractivity contribution is -0.119. The van der Waals surface area contributed by atoms with Crippen LogP contribution < -0.4 is 5.32 Å². The maximum absolute atomic E-state index is 12.3. The van der Waals surface area contributed by atoms with Crippen LogP contribution in [0.15, 0.2) is 29.4 Å². The van der Waals surface area contributed by atoms with Gasteiger partial charge < -0.3 is 10.1 Å². The molecule has 2 aliphatic rings. The van der Waals surface area contributed by atoms with Crippen molar-refractivity contribution in [1.29, 1.82) is 0 Å². The van der Waals surface area contributed by atoms with E-state index in [1.165, 1.54) is 24.6 Å². The molecular formula is C20H25ClN4O2S. The van der Waals surface area contributed by atoms with Crippen molar-refractivity contribution in [3.63, 3.8) is 0 Å². The Morgan fingerprint density at radius 3 is 2.79 bits per heavy atom. The molecule has 0 spiro atoms. The Hall–Kier alpha value is -1.57. The maximum Gasteiger partial charge on any atom is 0.230 e. The fraction of sp³-hybridized carbons (Fsp3) is 0.550. The third kappa shape index (κ3) is 4.53. The number of rotatable bonds is 7. The summed E-state index contributed by atoms with van der Waals surface area (Å²) >= 11 is 7.85. The molecule has 150 valence electrons. The van der Waals surface area contributed by atoms with E-state index in [0.29, 0.717) is 23.4 Å². The largest absolute Gasteiger partial charge is 0.376 e. The Kier molecular flexibility index (Phi) is 6.54. The first-order valence-corrected chi connectivity index (χ1v) is 11.3. The highest BCUT2D eigenvalue weighted by atomic mass is 35.5. The number of carbonyl (C=O) groups is 1. The van der Waals surface area contributed by atoms with Crippen LogP contribution in [0.5, 0.6) is 0 Å². The topological polar surface area (TPSA) is 69.0 Å². The van der Waals surface area contributed by atoms with Crippen LogP contribution in [0.25, 0.3) is 11.4 Å². The molecule has 1 atom stereocenters. The predicted octanol–water partition coefficient (Wildman–Crippen LogP) is 4.10. The molecule has 1 aromatic heterocycles. The summed E-state index contributed by atoms with van der Waals surface area (Å²) in [6, 6.07) is 8.08. The van der Waals surface area contributed by atoms with Crippen LogP contribution >= 0.6 is 23.4 Å². The highest BCUT2D eigenvalue weighted by Gasteiger charge is 2.26. The molecule has 4 rings (SSSR count). The van der Waals surface area contributed by atoms with E-state index < -0.39 is 0 Å². The molecule has 1 amide bonds. The lowest BCUT2D eigenvalue weighted by Gasteiger charge is -2.17. The Labute approximate surface area is 174 Å². The predicted molar refractivity (Wildman–Crippen MR) is 111 cm³/mol. The lowest BCUT2D eigenvalue weighted by atomic mass is 10.2. The smallest absolute Gasteiger partial charge is 0.230 e. The zero-order valence-electron chi connectivity index (χ0n) is 15.8. The molecule has 2 heterocycles. The molecule has 2 aromatic rings. The minimum Gasteiger partial charge on any atom is -0.376 e. The van der Waals surface area contributed by atoms with Gasteiger partial charge in [0.15, 0.2) is 11.0 Å². The third-order valence-corrected chi connectivity index (χ3v) is 6.63. The van der Waals surface area contributed by atoms with E-state index in [1.807, 2.05) is 24.3 Å². The Bertz CT molecular complexity index is 816. The monoisotopic (exact) mass is 420 g/mol. The third-order valence-electron chi connectivity index (χ3n) is 5.35. The Morgan fingerprint density at radius 2 is 2.04 bits per heavy atom. The minimum absolute atomic E-state index is 0.000709. The first-order chi connectivity index (χ1) is 13.7. The molecule has 8 heteroatoms. The van der Waals surface area contributed by atoms with Gasteiger partial charge in [-0.1, -0.05) is 48.3 Å². The van der Waals surface area contributed by atoms with Gasteiger partial charge in [0, 0.05) is 24.8 Å². The van der Waals surface area contributed by atoms with Gasteiger partial charge in [-0.2, -0.15) is 0 Å². The van der Waals surface area contributed by atoms with E-state index in [0.717, 1.165) is 48.8 Å². The van der Waals surface area contributed by atoms with E-state index in [1.54, 1.807) is 0 Å². The fourth-order valence-corrected chi connectivity index (χ4v) is 4.96. The van der Waals surface area contributed by atoms with Crippen molar-refractivity contribution in [2.45, 2.75) is 55.8 Å². The van der Waals surface area contributed by atoms with Crippen LogP contribution in [0.1, 0.15) is 44.6 Å². The number of hydrogen-bond donors (Lipinski definition) is 1. The summed E-state index contributed by atoms with van der Waals surface area (Å²) in [5, 5.41) is 13.3. The second-order valence-electron chi connectivity index (χ2n) is 7.32. The second-order valence-corrected chi connectivity index (χ2v) is 8.67. The highest BCUT2D eigenvalue weighted by molar-refractivity contribution is 7.99. The van der Waals surface area contributed by atoms with Crippen LogP contribution in [-0.2, 0) is 9.53 Å². The van der Waals surface area contributed by atoms with Gasteiger partial charge >= 0.3 is 0 Å². The van der Waals surface area contributed by atoms with Gasteiger partial charge in [-0.3, -0.25) is 9.36 Å². The number of benzene rings is 1. The molecule has 1 unspecified atom stereocenters. The van der Waals surface area contributed by atoms with Gasteiger partial charge in [0.25, 0.3) is 0 Å². The molecule has 6 nitrogen and oxygen atoms in total. The van der Waals surface area contributed by atoms with Gasteiger partial charge in [0.1, 0.15) is 0 Å². The summed E-state index contributed by atoms with van der Waals surface area (Å²) in [6.07, 6.45) is 6.87. The summed E-state index contributed by atoms with van der Waals surface area (Å²) < 4.78 is 7.74. The Balaban J connectivity index is 1.47. The van der Waals surface area contributed by atoms with Crippen molar-refractivity contribution in [2.24, 2.45) is 0 Å². The van der Waals surface area contributed by atoms with E-state index in [4.69, 9.17) is 16.3 Å². The molecule has 1 N–H and O–H groups in total. The van der Waals surface area contributed by atoms with Crippen molar-refractivity contribution in [2.75, 3.05) is 18.9 Å². The summed E-state index contributed by atoms with van der Waals surface area (Å²) in [4.78, 5) is 12.3. The summed E-state index contributed by atoms with van der Waals surface area (Å²) in [6.45, 7) is 1.38. The van der Waals surface area contributed by atoms with E-state index in [-0.39, 0.29) is 12.0 Å². The zero-order chi connectivity index (χ0) is 19.3. The normalized spacial score (nSPS) is 20.0. The number of carbonyl (C=O) groups excluding carboxylic acids is 1. The van der Waals surface area contributed by atoms with Crippen LogP contribution in [0.2, 0.25) is 5.02 Å². The van der Waals surface area contributed by atoms with E-state index in [2.05, 4.69) is 20.1 Å². The molecule has 2 fully saturated rings. The number of ether oxygens (including phenoxy) is 1. The first-order valence-electron chi connectivity index (χ1n) is 9.93. The molecule has 1 aliphatic carbocycles. The van der Waals surface area contributed by atoms with Crippen LogP contribution in [-0.4, -0.2) is 45.7 Å². The average molecular weight is 421 g/mol. The number of thioether (sulfide) groups is 1. The fourth-order valence-electron chi connectivity index (χ4n) is 3.91. The highest BCUT2D eigenvalue weighted by Crippen LogP contribution is 2.38. The number of nitrogens with zero attached hydrogens (tertiary/aromatic N) is 3. The number of aromatic nitrogens is 3. The molecule has 0 bridgehead atoms. The van der Waals surface area contributed by atoms with Gasteiger partial charge in [0.2, 0.25) is 5.91 Å². The van der Waals surface area contributed by atoms with Crippen LogP contribution in [0.3, 0.4) is 0 Å². The Morgan fingerprint density at radius 1 is 1.21 bits per heavy atom. The molecule has 1 aromatic carbocycles. The van der Waals surface area contributed by atoms with Crippen molar-refractivity contribution in [3.8, 4) is 11.4 Å². The van der Waals surface area contributed by atoms with Crippen LogP contribution in [0.4, 0.5) is 0 Å². The molecule has 1 saturated heterocycles. The van der Waals surface area contributed by atoms with Crippen molar-refractivity contribution in [1.82, 2.24) is 20.1 Å². The maximum atomic E-state index is 12.3. The van der Waals surface area contributed by atoms with Crippen molar-refractivity contribution >= 4 is 29.3 Å². The molecule has 1 aliphatic heterocycles. The van der Waals surface area contributed by atoms with E-state index >= 15 is 0 Å². The minimum atomic E-state index is 0.000709. The average Bonchev–Trinajstić information content (AvgIpc) is 3.46. The molecular weight excluding hydrogens is 396 g/mol. The van der Waals surface area contributed by atoms with Crippen molar-refractivity contribution in [3.05, 3.63) is 29.3 Å². The summed E-state index contributed by atoms with van der Waals surface area (Å²) in [5.41, 5.74) is 0.887. The number of halogens is 1.